The second-order valence-corrected chi connectivity index (χ2v) is 8.39. The summed E-state index contributed by atoms with van der Waals surface area (Å²) in [4.78, 5) is 48.7. The van der Waals surface area contributed by atoms with Gasteiger partial charge in [0.25, 0.3) is 0 Å². The van der Waals surface area contributed by atoms with Crippen molar-refractivity contribution in [2.45, 2.75) is 72.3 Å². The normalized spacial score (nSPS) is 14.3. The molecule has 1 aromatic rings. The lowest BCUT2D eigenvalue weighted by atomic mass is 9.88. The van der Waals surface area contributed by atoms with Crippen LogP contribution in [-0.2, 0) is 35.1 Å². The van der Waals surface area contributed by atoms with E-state index in [1.165, 1.54) is 19.2 Å². The Morgan fingerprint density at radius 3 is 2.00 bits per heavy atom. The highest BCUT2D eigenvalue weighted by molar-refractivity contribution is 5.81. The summed E-state index contributed by atoms with van der Waals surface area (Å²) in [6.07, 6.45) is 1.41. The zero-order chi connectivity index (χ0) is 25.9. The molecule has 1 aromatic carbocycles. The first kappa shape index (κ1) is 29.1. The molecule has 0 fully saturated rings. The van der Waals surface area contributed by atoms with Crippen molar-refractivity contribution in [1.82, 2.24) is 0 Å². The Bertz CT molecular complexity index is 868. The van der Waals surface area contributed by atoms with E-state index in [4.69, 9.17) is 24.7 Å². The van der Waals surface area contributed by atoms with Gasteiger partial charge < -0.3 is 24.7 Å². The molecule has 2 N–H and O–H groups in total. The molecule has 9 nitrogen and oxygen atoms in total. The molecule has 34 heavy (non-hydrogen) atoms. The fourth-order valence-corrected chi connectivity index (χ4v) is 2.86. The Morgan fingerprint density at radius 2 is 1.50 bits per heavy atom. The fourth-order valence-electron chi connectivity index (χ4n) is 2.86. The standard InChI is InChI=1S/C25H37NO8/c1-7-16(4)22(28)33-19-11-10-18(14-20(19)34-23(29)17(5)8-2)15-25(26,24(30)31-6)12-13-32-21(27)9-3/h10-11,14,16-17H,7-9,12-13,15,26H2,1-6H3/t16?,17?,25-/m1/s1. The maximum atomic E-state index is 12.5. The summed E-state index contributed by atoms with van der Waals surface area (Å²) >= 11 is 0. The minimum atomic E-state index is -1.49. The number of methoxy groups -OCH3 is 1. The van der Waals surface area contributed by atoms with Crippen LogP contribution in [0.4, 0.5) is 0 Å². The molecule has 2 unspecified atom stereocenters. The Hall–Kier alpha value is -2.94. The predicted octanol–water partition coefficient (Wildman–Crippen LogP) is 3.35. The number of esters is 4. The summed E-state index contributed by atoms with van der Waals surface area (Å²) in [5.41, 5.74) is 5.41. The van der Waals surface area contributed by atoms with E-state index in [2.05, 4.69) is 0 Å². The molecule has 0 aliphatic rings. The highest BCUT2D eigenvalue weighted by Crippen LogP contribution is 2.32. The Balaban J connectivity index is 3.25. The van der Waals surface area contributed by atoms with Crippen LogP contribution in [-0.4, -0.2) is 43.1 Å². The van der Waals surface area contributed by atoms with Crippen molar-refractivity contribution < 1.29 is 38.1 Å². The molecule has 0 aliphatic heterocycles. The SMILES string of the molecule is CCC(=O)OCC[C@@](N)(Cc1ccc(OC(=O)C(C)CC)c(OC(=O)C(C)CC)c1)C(=O)OC. The third-order valence-corrected chi connectivity index (χ3v) is 5.67. The number of carbonyl (C=O) groups excluding carboxylic acids is 4. The third-order valence-electron chi connectivity index (χ3n) is 5.67. The van der Waals surface area contributed by atoms with Gasteiger partial charge in [-0.15, -0.1) is 0 Å². The van der Waals surface area contributed by atoms with Crippen molar-refractivity contribution in [2.75, 3.05) is 13.7 Å². The fraction of sp³-hybridized carbons (Fsp3) is 0.600. The van der Waals surface area contributed by atoms with E-state index in [1.54, 1.807) is 26.8 Å². The molecule has 0 heterocycles. The van der Waals surface area contributed by atoms with E-state index < -0.39 is 29.4 Å². The molecule has 9 heteroatoms. The molecule has 0 aromatic heterocycles. The summed E-state index contributed by atoms with van der Waals surface area (Å²) in [6.45, 7) is 8.80. The van der Waals surface area contributed by atoms with Crippen LogP contribution in [0.3, 0.4) is 0 Å². The van der Waals surface area contributed by atoms with Crippen molar-refractivity contribution in [3.63, 3.8) is 0 Å². The maximum Gasteiger partial charge on any atom is 0.326 e. The summed E-state index contributed by atoms with van der Waals surface area (Å²) < 4.78 is 21.0. The molecule has 0 saturated heterocycles. The summed E-state index contributed by atoms with van der Waals surface area (Å²) in [5.74, 6) is -2.54. The molecule has 0 aliphatic carbocycles. The van der Waals surface area contributed by atoms with E-state index in [1.807, 2.05) is 13.8 Å². The lowest BCUT2D eigenvalue weighted by molar-refractivity contribution is -0.151. The average molecular weight is 480 g/mol. The molecule has 0 amide bonds. The maximum absolute atomic E-state index is 12.5. The first-order valence-electron chi connectivity index (χ1n) is 11.6. The first-order chi connectivity index (χ1) is 16.0. The van der Waals surface area contributed by atoms with Crippen molar-refractivity contribution in [3.8, 4) is 11.5 Å². The predicted molar refractivity (Wildman–Crippen MR) is 125 cm³/mol. The van der Waals surface area contributed by atoms with Crippen LogP contribution in [0, 0.1) is 11.8 Å². The Labute approximate surface area is 201 Å². The van der Waals surface area contributed by atoms with E-state index in [0.717, 1.165) is 0 Å². The van der Waals surface area contributed by atoms with Gasteiger partial charge in [-0.3, -0.25) is 19.2 Å². The van der Waals surface area contributed by atoms with E-state index in [-0.39, 0.29) is 49.2 Å². The molecule has 190 valence electrons. The minimum absolute atomic E-state index is 0.0107. The molecule has 0 radical (unpaired) electrons. The first-order valence-corrected chi connectivity index (χ1v) is 11.6. The second-order valence-electron chi connectivity index (χ2n) is 8.39. The van der Waals surface area contributed by atoms with E-state index in [9.17, 15) is 19.2 Å². The number of hydrogen-bond acceptors (Lipinski definition) is 9. The second kappa shape index (κ2) is 13.7. The third kappa shape index (κ3) is 8.44. The zero-order valence-corrected chi connectivity index (χ0v) is 21.0. The molecule has 0 saturated carbocycles. The molecular weight excluding hydrogens is 442 g/mol. The van der Waals surface area contributed by atoms with Gasteiger partial charge in [-0.05, 0) is 30.5 Å². The average Bonchev–Trinajstić information content (AvgIpc) is 2.83. The van der Waals surface area contributed by atoms with Crippen LogP contribution in [0.5, 0.6) is 11.5 Å². The van der Waals surface area contributed by atoms with Crippen molar-refractivity contribution in [1.29, 1.82) is 0 Å². The van der Waals surface area contributed by atoms with Crippen molar-refractivity contribution >= 4 is 23.9 Å². The molecule has 0 spiro atoms. The minimum Gasteiger partial charge on any atom is -0.468 e. The topological polar surface area (TPSA) is 131 Å². The Morgan fingerprint density at radius 1 is 0.941 bits per heavy atom. The summed E-state index contributed by atoms with van der Waals surface area (Å²) in [7, 11) is 1.22. The van der Waals surface area contributed by atoms with Crippen LogP contribution in [0.1, 0.15) is 65.9 Å². The number of hydrogen-bond donors (Lipinski definition) is 1. The number of benzene rings is 1. The lowest BCUT2D eigenvalue weighted by Crippen LogP contribution is -2.51. The smallest absolute Gasteiger partial charge is 0.326 e. The lowest BCUT2D eigenvalue weighted by Gasteiger charge is -2.27. The van der Waals surface area contributed by atoms with Gasteiger partial charge in [0.15, 0.2) is 11.5 Å². The highest BCUT2D eigenvalue weighted by Gasteiger charge is 2.36. The van der Waals surface area contributed by atoms with Gasteiger partial charge in [-0.2, -0.15) is 0 Å². The largest absolute Gasteiger partial charge is 0.468 e. The van der Waals surface area contributed by atoms with Crippen LogP contribution < -0.4 is 15.2 Å². The van der Waals surface area contributed by atoms with Crippen LogP contribution in [0.25, 0.3) is 0 Å². The van der Waals surface area contributed by atoms with Crippen LogP contribution in [0.2, 0.25) is 0 Å². The quantitative estimate of drug-likeness (QED) is 0.334. The highest BCUT2D eigenvalue weighted by atomic mass is 16.6. The van der Waals surface area contributed by atoms with Gasteiger partial charge in [0, 0.05) is 19.3 Å². The monoisotopic (exact) mass is 479 g/mol. The van der Waals surface area contributed by atoms with E-state index >= 15 is 0 Å². The number of ether oxygens (including phenoxy) is 4. The molecular formula is C25H37NO8. The van der Waals surface area contributed by atoms with Crippen molar-refractivity contribution in [3.05, 3.63) is 23.8 Å². The number of nitrogens with two attached hydrogens (primary N) is 1. The van der Waals surface area contributed by atoms with Crippen molar-refractivity contribution in [2.24, 2.45) is 17.6 Å². The summed E-state index contributed by atoms with van der Waals surface area (Å²) in [6, 6.07) is 4.65. The molecule has 0 bridgehead atoms. The summed E-state index contributed by atoms with van der Waals surface area (Å²) in [5, 5.41) is 0. The molecule has 3 atom stereocenters. The van der Waals surface area contributed by atoms with Gasteiger partial charge >= 0.3 is 23.9 Å². The number of rotatable bonds is 13. The van der Waals surface area contributed by atoms with Crippen LogP contribution in [0.15, 0.2) is 18.2 Å². The van der Waals surface area contributed by atoms with Gasteiger partial charge in [0.05, 0.1) is 25.6 Å². The zero-order valence-electron chi connectivity index (χ0n) is 21.0. The van der Waals surface area contributed by atoms with Gasteiger partial charge in [-0.1, -0.05) is 40.7 Å². The van der Waals surface area contributed by atoms with Gasteiger partial charge in [0.1, 0.15) is 5.54 Å². The van der Waals surface area contributed by atoms with Gasteiger partial charge in [-0.25, -0.2) is 0 Å². The van der Waals surface area contributed by atoms with E-state index in [0.29, 0.717) is 18.4 Å². The van der Waals surface area contributed by atoms with Gasteiger partial charge in [0.2, 0.25) is 0 Å². The molecule has 1 rings (SSSR count). The van der Waals surface area contributed by atoms with Crippen LogP contribution >= 0.6 is 0 Å². The Kier molecular flexibility index (Phi) is 11.7. The number of carbonyl (C=O) groups is 4.